The summed E-state index contributed by atoms with van der Waals surface area (Å²) in [5.74, 6) is 1.08. The van der Waals surface area contributed by atoms with Gasteiger partial charge in [0, 0.05) is 25.2 Å². The number of hydrogen-bond donors (Lipinski definition) is 1. The molecule has 0 radical (unpaired) electrons. The van der Waals surface area contributed by atoms with Gasteiger partial charge < -0.3 is 10.2 Å². The highest BCUT2D eigenvalue weighted by Crippen LogP contribution is 2.32. The van der Waals surface area contributed by atoms with Crippen molar-refractivity contribution in [3.8, 4) is 0 Å². The van der Waals surface area contributed by atoms with E-state index in [0.717, 1.165) is 5.92 Å². The molecule has 2 nitrogen and oxygen atoms in total. The van der Waals surface area contributed by atoms with Crippen LogP contribution in [0.1, 0.15) is 33.1 Å². The minimum absolute atomic E-state index is 0.683. The van der Waals surface area contributed by atoms with Gasteiger partial charge in [-0.25, -0.2) is 0 Å². The third kappa shape index (κ3) is 2.96. The average Bonchev–Trinajstić information content (AvgIpc) is 2.81. The first-order valence-corrected chi connectivity index (χ1v) is 5.72. The summed E-state index contributed by atoms with van der Waals surface area (Å²) in [6, 6.07) is 1.37. The Bertz CT molecular complexity index is 155. The van der Waals surface area contributed by atoms with Crippen molar-refractivity contribution in [2.45, 2.75) is 45.2 Å². The third-order valence-electron chi connectivity index (χ3n) is 3.18. The van der Waals surface area contributed by atoms with Crippen LogP contribution in [0.4, 0.5) is 0 Å². The van der Waals surface area contributed by atoms with Crippen LogP contribution in [0.2, 0.25) is 0 Å². The van der Waals surface area contributed by atoms with Crippen molar-refractivity contribution in [3.05, 3.63) is 0 Å². The van der Waals surface area contributed by atoms with Crippen LogP contribution in [0.3, 0.4) is 0 Å². The molecule has 1 saturated heterocycles. The first-order valence-electron chi connectivity index (χ1n) is 5.72. The third-order valence-corrected chi connectivity index (χ3v) is 3.18. The Morgan fingerprint density at radius 3 is 2.31 bits per heavy atom. The second-order valence-electron chi connectivity index (χ2n) is 4.96. The maximum Gasteiger partial charge on any atom is 0.0169 e. The molecular formula is C11H22N2. The van der Waals surface area contributed by atoms with E-state index >= 15 is 0 Å². The van der Waals surface area contributed by atoms with Gasteiger partial charge in [0.25, 0.3) is 0 Å². The van der Waals surface area contributed by atoms with Crippen molar-refractivity contribution in [1.82, 2.24) is 10.2 Å². The molecule has 2 heteroatoms. The number of nitrogens with one attached hydrogen (secondary N) is 1. The van der Waals surface area contributed by atoms with Crippen LogP contribution < -0.4 is 5.32 Å². The van der Waals surface area contributed by atoms with E-state index in [4.69, 9.17) is 0 Å². The van der Waals surface area contributed by atoms with Crippen LogP contribution in [0.15, 0.2) is 0 Å². The quantitative estimate of drug-likeness (QED) is 0.711. The molecule has 0 aromatic carbocycles. The van der Waals surface area contributed by atoms with Gasteiger partial charge in [-0.1, -0.05) is 12.8 Å². The normalized spacial score (nSPS) is 36.5. The summed E-state index contributed by atoms with van der Waals surface area (Å²) in [5, 5.41) is 3.57. The number of hydrogen-bond acceptors (Lipinski definition) is 2. The lowest BCUT2D eigenvalue weighted by Gasteiger charge is -2.36. The molecule has 0 aromatic heterocycles. The SMILES string of the molecule is CC1CN(CCC2CC2)CC(C)N1. The molecule has 2 fully saturated rings. The molecule has 0 spiro atoms. The summed E-state index contributed by atoms with van der Waals surface area (Å²) in [6.45, 7) is 8.41. The lowest BCUT2D eigenvalue weighted by atomic mass is 10.1. The van der Waals surface area contributed by atoms with E-state index in [1.165, 1.54) is 38.9 Å². The maximum absolute atomic E-state index is 3.57. The lowest BCUT2D eigenvalue weighted by molar-refractivity contribution is 0.169. The Labute approximate surface area is 81.7 Å². The molecule has 0 amide bonds. The van der Waals surface area contributed by atoms with Crippen LogP contribution in [0.5, 0.6) is 0 Å². The molecule has 2 rings (SSSR count). The standard InChI is InChI=1S/C11H22N2/c1-9-7-13(8-10(2)12-9)6-5-11-3-4-11/h9-12H,3-8H2,1-2H3. The zero-order valence-electron chi connectivity index (χ0n) is 8.92. The second kappa shape index (κ2) is 3.97. The highest BCUT2D eigenvalue weighted by Gasteiger charge is 2.25. The predicted molar refractivity (Wildman–Crippen MR) is 55.8 cm³/mol. The first kappa shape index (κ1) is 9.47. The summed E-state index contributed by atoms with van der Waals surface area (Å²) in [6.07, 6.45) is 4.44. The molecule has 0 aromatic rings. The van der Waals surface area contributed by atoms with Gasteiger partial charge in [0.2, 0.25) is 0 Å². The molecule has 1 aliphatic carbocycles. The Balaban J connectivity index is 1.70. The molecular weight excluding hydrogens is 160 g/mol. The Morgan fingerprint density at radius 1 is 1.15 bits per heavy atom. The van der Waals surface area contributed by atoms with Gasteiger partial charge in [-0.15, -0.1) is 0 Å². The van der Waals surface area contributed by atoms with E-state index in [1.54, 1.807) is 0 Å². The first-order chi connectivity index (χ1) is 6.24. The molecule has 0 bridgehead atoms. The van der Waals surface area contributed by atoms with Crippen molar-refractivity contribution < 1.29 is 0 Å². The van der Waals surface area contributed by atoms with Crippen molar-refractivity contribution in [3.63, 3.8) is 0 Å². The van der Waals surface area contributed by atoms with E-state index in [2.05, 4.69) is 24.1 Å². The topological polar surface area (TPSA) is 15.3 Å². The molecule has 76 valence electrons. The average molecular weight is 182 g/mol. The molecule has 1 N–H and O–H groups in total. The monoisotopic (exact) mass is 182 g/mol. The summed E-state index contributed by atoms with van der Waals surface area (Å²) in [5.41, 5.74) is 0. The van der Waals surface area contributed by atoms with E-state index in [-0.39, 0.29) is 0 Å². The minimum atomic E-state index is 0.683. The largest absolute Gasteiger partial charge is 0.309 e. The van der Waals surface area contributed by atoms with Crippen molar-refractivity contribution in [2.24, 2.45) is 5.92 Å². The summed E-state index contributed by atoms with van der Waals surface area (Å²) in [4.78, 5) is 2.63. The number of nitrogens with zero attached hydrogens (tertiary/aromatic N) is 1. The summed E-state index contributed by atoms with van der Waals surface area (Å²) in [7, 11) is 0. The molecule has 1 saturated carbocycles. The van der Waals surface area contributed by atoms with E-state index in [9.17, 15) is 0 Å². The summed E-state index contributed by atoms with van der Waals surface area (Å²) >= 11 is 0. The number of piperazine rings is 1. The van der Waals surface area contributed by atoms with E-state index in [0.29, 0.717) is 12.1 Å². The Kier molecular flexibility index (Phi) is 2.89. The van der Waals surface area contributed by atoms with Crippen LogP contribution in [0, 0.1) is 5.92 Å². The Morgan fingerprint density at radius 2 is 1.77 bits per heavy atom. The minimum Gasteiger partial charge on any atom is -0.309 e. The maximum atomic E-state index is 3.57. The van der Waals surface area contributed by atoms with Gasteiger partial charge >= 0.3 is 0 Å². The van der Waals surface area contributed by atoms with Crippen LogP contribution in [0.25, 0.3) is 0 Å². The molecule has 13 heavy (non-hydrogen) atoms. The zero-order valence-corrected chi connectivity index (χ0v) is 8.92. The fourth-order valence-electron chi connectivity index (χ4n) is 2.39. The Hall–Kier alpha value is -0.0800. The lowest BCUT2D eigenvalue weighted by Crippen LogP contribution is -2.54. The zero-order chi connectivity index (χ0) is 9.26. The molecule has 2 atom stereocenters. The van der Waals surface area contributed by atoms with Crippen LogP contribution in [-0.2, 0) is 0 Å². The highest BCUT2D eigenvalue weighted by atomic mass is 15.2. The second-order valence-corrected chi connectivity index (χ2v) is 4.96. The smallest absolute Gasteiger partial charge is 0.0169 e. The van der Waals surface area contributed by atoms with Gasteiger partial charge in [0.15, 0.2) is 0 Å². The van der Waals surface area contributed by atoms with Gasteiger partial charge in [-0.3, -0.25) is 0 Å². The van der Waals surface area contributed by atoms with Crippen molar-refractivity contribution in [1.29, 1.82) is 0 Å². The molecule has 1 aliphatic heterocycles. The van der Waals surface area contributed by atoms with Gasteiger partial charge in [-0.05, 0) is 32.7 Å². The molecule has 1 heterocycles. The van der Waals surface area contributed by atoms with Crippen LogP contribution >= 0.6 is 0 Å². The van der Waals surface area contributed by atoms with Crippen molar-refractivity contribution in [2.75, 3.05) is 19.6 Å². The predicted octanol–water partition coefficient (Wildman–Crippen LogP) is 1.47. The molecule has 2 aliphatic rings. The molecule has 2 unspecified atom stereocenters. The van der Waals surface area contributed by atoms with E-state index in [1.807, 2.05) is 0 Å². The van der Waals surface area contributed by atoms with Crippen molar-refractivity contribution >= 4 is 0 Å². The van der Waals surface area contributed by atoms with E-state index < -0.39 is 0 Å². The highest BCUT2D eigenvalue weighted by molar-refractivity contribution is 4.82. The van der Waals surface area contributed by atoms with Gasteiger partial charge in [0.1, 0.15) is 0 Å². The summed E-state index contributed by atoms with van der Waals surface area (Å²) < 4.78 is 0. The van der Waals surface area contributed by atoms with Gasteiger partial charge in [-0.2, -0.15) is 0 Å². The number of rotatable bonds is 3. The van der Waals surface area contributed by atoms with Gasteiger partial charge in [0.05, 0.1) is 0 Å². The van der Waals surface area contributed by atoms with Crippen LogP contribution in [-0.4, -0.2) is 36.6 Å². The fourth-order valence-corrected chi connectivity index (χ4v) is 2.39. The fraction of sp³-hybridized carbons (Fsp3) is 1.00.